The first-order valence-electron chi connectivity index (χ1n) is 30.3. The molecule has 0 saturated heterocycles. The zero-order chi connectivity index (χ0) is 59.7. The SMILES string of the molecule is CCC(C)c1ccc2c(c1)c1c3c4cc(C(C)CC)ccc4n(-c4nc(-c5nc(-c6ccccc6)nc(-c6ccccc6)n5)nc(-c5nc(-c6ccccc6)nc(-c6ccccc6)n5)n4)c3ccc1n2-c1cccc(-c2ccc3oc4ccccc4c3c2)n1. The summed E-state index contributed by atoms with van der Waals surface area (Å²) < 4.78 is 10.7. The summed E-state index contributed by atoms with van der Waals surface area (Å²) in [4.78, 5) is 52.6. The van der Waals surface area contributed by atoms with E-state index < -0.39 is 0 Å². The third-order valence-corrected chi connectivity index (χ3v) is 17.3. The van der Waals surface area contributed by atoms with Crippen molar-refractivity contribution in [3.63, 3.8) is 0 Å². The first kappa shape index (κ1) is 53.1. The minimum Gasteiger partial charge on any atom is -0.456 e. The fourth-order valence-electron chi connectivity index (χ4n) is 12.3. The smallest absolute Gasteiger partial charge is 0.239 e. The molecule has 0 fully saturated rings. The third kappa shape index (κ3) is 9.33. The molecule has 16 rings (SSSR count). The zero-order valence-corrected chi connectivity index (χ0v) is 49.3. The van der Waals surface area contributed by atoms with Gasteiger partial charge in [0, 0.05) is 60.1 Å². The standard InChI is InChI=1S/C76H56N12O/c1-5-45(3)51-34-37-59-56(42-51)66-61(87(59)65-33-21-31-58(77-65)53-36-41-64-55(44-53)54-30-19-20-32-63(54)89-64)39-40-62-67(66)57-43-52(46(4)6-2)35-38-60(57)88(62)76-85-74(72-80-68(47-22-11-7-12-23-47)78-69(81-72)48-24-13-8-14-25-48)84-75(86-76)73-82-70(49-26-15-9-16-27-49)79-71(83-73)50-28-17-10-18-29-50/h7-46H,5-6H2,1-4H3. The number of rotatable bonds is 13. The van der Waals surface area contributed by atoms with Gasteiger partial charge >= 0.3 is 0 Å². The van der Waals surface area contributed by atoms with Crippen LogP contribution in [-0.4, -0.2) is 59.0 Å². The minimum absolute atomic E-state index is 0.206. The van der Waals surface area contributed by atoms with Crippen LogP contribution in [0.5, 0.6) is 0 Å². The number of furan rings is 1. The molecule has 13 nitrogen and oxygen atoms in total. The van der Waals surface area contributed by atoms with Crippen LogP contribution in [0.4, 0.5) is 0 Å². The lowest BCUT2D eigenvalue weighted by molar-refractivity contribution is 0.669. The number of aromatic nitrogens is 12. The maximum Gasteiger partial charge on any atom is 0.239 e. The predicted molar refractivity (Wildman–Crippen MR) is 356 cm³/mol. The van der Waals surface area contributed by atoms with Crippen molar-refractivity contribution < 1.29 is 4.42 Å². The maximum absolute atomic E-state index is 6.26. The van der Waals surface area contributed by atoms with Crippen molar-refractivity contribution in [1.82, 2.24) is 59.0 Å². The number of nitrogens with zero attached hydrogens (tertiary/aromatic N) is 12. The first-order valence-corrected chi connectivity index (χ1v) is 30.3. The number of pyridine rings is 1. The van der Waals surface area contributed by atoms with Gasteiger partial charge in [0.25, 0.3) is 0 Å². The van der Waals surface area contributed by atoms with Crippen LogP contribution in [0.1, 0.15) is 63.5 Å². The zero-order valence-electron chi connectivity index (χ0n) is 49.3. The molecule has 0 N–H and O–H groups in total. The summed E-state index contributed by atoms with van der Waals surface area (Å²) >= 11 is 0. The Bertz CT molecular complexity index is 5130. The highest BCUT2D eigenvalue weighted by Gasteiger charge is 2.27. The van der Waals surface area contributed by atoms with Gasteiger partial charge in [-0.25, -0.2) is 39.9 Å². The molecule has 0 aliphatic rings. The van der Waals surface area contributed by atoms with Crippen LogP contribution in [0.2, 0.25) is 0 Å². The van der Waals surface area contributed by atoms with Gasteiger partial charge < -0.3 is 4.42 Å². The quantitative estimate of drug-likeness (QED) is 0.108. The number of para-hydroxylation sites is 1. The van der Waals surface area contributed by atoms with Crippen LogP contribution in [0.25, 0.3) is 157 Å². The summed E-state index contributed by atoms with van der Waals surface area (Å²) in [5.41, 5.74) is 13.1. The van der Waals surface area contributed by atoms with Crippen molar-refractivity contribution in [2.75, 3.05) is 0 Å². The molecule has 0 spiro atoms. The Hall–Kier alpha value is -11.4. The van der Waals surface area contributed by atoms with Gasteiger partial charge in [-0.3, -0.25) is 9.13 Å². The topological polar surface area (TPSA) is 152 Å². The molecule has 7 aromatic heterocycles. The van der Waals surface area contributed by atoms with Crippen LogP contribution < -0.4 is 0 Å². The summed E-state index contributed by atoms with van der Waals surface area (Å²) in [5, 5.41) is 6.45. The molecular formula is C76H56N12O. The molecule has 9 aromatic carbocycles. The molecule has 16 aromatic rings. The molecule has 89 heavy (non-hydrogen) atoms. The van der Waals surface area contributed by atoms with Crippen LogP contribution in [0.15, 0.2) is 235 Å². The molecule has 0 aliphatic carbocycles. The van der Waals surface area contributed by atoms with Crippen molar-refractivity contribution in [2.24, 2.45) is 0 Å². The molecule has 2 atom stereocenters. The van der Waals surface area contributed by atoms with Gasteiger partial charge in [-0.15, -0.1) is 0 Å². The van der Waals surface area contributed by atoms with E-state index in [9.17, 15) is 0 Å². The van der Waals surface area contributed by atoms with Crippen LogP contribution >= 0.6 is 0 Å². The van der Waals surface area contributed by atoms with E-state index in [1.54, 1.807) is 0 Å². The lowest BCUT2D eigenvalue weighted by atomic mass is 9.95. The van der Waals surface area contributed by atoms with E-state index in [1.165, 1.54) is 11.1 Å². The number of hydrogen-bond acceptors (Lipinski definition) is 11. The Kier molecular flexibility index (Phi) is 13.0. The Morgan fingerprint density at radius 2 is 0.730 bits per heavy atom. The summed E-state index contributed by atoms with van der Waals surface area (Å²) in [6.45, 7) is 9.09. The van der Waals surface area contributed by atoms with Gasteiger partial charge in [0.1, 0.15) is 17.0 Å². The average molecular weight is 1150 g/mol. The van der Waals surface area contributed by atoms with Gasteiger partial charge in [-0.2, -0.15) is 9.97 Å². The van der Waals surface area contributed by atoms with E-state index in [0.717, 1.165) is 118 Å². The molecule has 7 heterocycles. The number of fused-ring (bicyclic) bond motifs is 10. The Balaban J connectivity index is 0.982. The van der Waals surface area contributed by atoms with Crippen molar-refractivity contribution >= 4 is 65.6 Å². The average Bonchev–Trinajstić information content (AvgIpc) is 1.59. The molecule has 0 bridgehead atoms. The fourth-order valence-corrected chi connectivity index (χ4v) is 12.3. The lowest BCUT2D eigenvalue weighted by Gasteiger charge is -2.13. The second kappa shape index (κ2) is 21.8. The molecule has 0 saturated carbocycles. The maximum atomic E-state index is 6.26. The van der Waals surface area contributed by atoms with E-state index in [-0.39, 0.29) is 29.2 Å². The van der Waals surface area contributed by atoms with Crippen molar-refractivity contribution in [3.05, 3.63) is 242 Å². The fraction of sp³-hybridized carbons (Fsp3) is 0.105. The Morgan fingerprint density at radius 1 is 0.315 bits per heavy atom. The van der Waals surface area contributed by atoms with Crippen LogP contribution in [-0.2, 0) is 0 Å². The monoisotopic (exact) mass is 1150 g/mol. The van der Waals surface area contributed by atoms with Crippen molar-refractivity contribution in [1.29, 1.82) is 0 Å². The first-order chi connectivity index (χ1) is 43.8. The van der Waals surface area contributed by atoms with Gasteiger partial charge in [-0.05, 0) is 109 Å². The predicted octanol–water partition coefficient (Wildman–Crippen LogP) is 18.4. The molecule has 2 unspecified atom stereocenters. The molecular weight excluding hydrogens is 1100 g/mol. The molecule has 0 radical (unpaired) electrons. The molecule has 0 aliphatic heterocycles. The second-order valence-corrected chi connectivity index (χ2v) is 22.7. The highest BCUT2D eigenvalue weighted by atomic mass is 16.3. The summed E-state index contributed by atoms with van der Waals surface area (Å²) in [6, 6.07) is 78.7. The van der Waals surface area contributed by atoms with E-state index in [0.29, 0.717) is 35.2 Å². The lowest BCUT2D eigenvalue weighted by Crippen LogP contribution is -2.10. The molecule has 13 heteroatoms. The van der Waals surface area contributed by atoms with Gasteiger partial charge in [0.05, 0.1) is 27.8 Å². The highest BCUT2D eigenvalue weighted by molar-refractivity contribution is 6.29. The molecule has 0 amide bonds. The van der Waals surface area contributed by atoms with Crippen LogP contribution in [0, 0.1) is 0 Å². The number of hydrogen-bond donors (Lipinski definition) is 0. The van der Waals surface area contributed by atoms with E-state index in [4.69, 9.17) is 54.3 Å². The van der Waals surface area contributed by atoms with Crippen molar-refractivity contribution in [2.45, 2.75) is 52.4 Å². The van der Waals surface area contributed by atoms with Gasteiger partial charge in [-0.1, -0.05) is 185 Å². The largest absolute Gasteiger partial charge is 0.456 e. The second-order valence-electron chi connectivity index (χ2n) is 22.7. The van der Waals surface area contributed by atoms with E-state index in [1.807, 2.05) is 133 Å². The summed E-state index contributed by atoms with van der Waals surface area (Å²) in [7, 11) is 0. The highest BCUT2D eigenvalue weighted by Crippen LogP contribution is 2.45. The Morgan fingerprint density at radius 3 is 1.24 bits per heavy atom. The number of benzene rings is 9. The van der Waals surface area contributed by atoms with Gasteiger partial charge in [0.2, 0.25) is 29.2 Å². The minimum atomic E-state index is 0.206. The van der Waals surface area contributed by atoms with Crippen molar-refractivity contribution in [3.8, 4) is 91.9 Å². The van der Waals surface area contributed by atoms with E-state index in [2.05, 4.69) is 134 Å². The van der Waals surface area contributed by atoms with E-state index >= 15 is 0 Å². The molecule has 426 valence electrons. The normalized spacial score (nSPS) is 12.5. The van der Waals surface area contributed by atoms with Crippen LogP contribution in [0.3, 0.4) is 0 Å². The summed E-state index contributed by atoms with van der Waals surface area (Å²) in [5.74, 6) is 4.49. The third-order valence-electron chi connectivity index (χ3n) is 17.3. The van der Waals surface area contributed by atoms with Gasteiger partial charge in [0.15, 0.2) is 23.3 Å². The Labute approximate surface area is 512 Å². The summed E-state index contributed by atoms with van der Waals surface area (Å²) in [6.07, 6.45) is 1.95.